The van der Waals surface area contributed by atoms with Crippen LogP contribution in [0.4, 0.5) is 0 Å². The topological polar surface area (TPSA) is 71.0 Å². The van der Waals surface area contributed by atoms with Gasteiger partial charge in [0.25, 0.3) is 0 Å². The highest BCUT2D eigenvalue weighted by atomic mass is 16.6. The number of ether oxygens (including phenoxy) is 2. The van der Waals surface area contributed by atoms with Gasteiger partial charge >= 0.3 is 0 Å². The van der Waals surface area contributed by atoms with Gasteiger partial charge in [0, 0.05) is 13.2 Å². The van der Waals surface area contributed by atoms with Gasteiger partial charge in [-0.3, -0.25) is 0 Å². The van der Waals surface area contributed by atoms with Crippen LogP contribution in [0.5, 0.6) is 11.5 Å². The van der Waals surface area contributed by atoms with E-state index < -0.39 is 6.10 Å². The molecule has 0 spiro atoms. The molecule has 5 heteroatoms. The van der Waals surface area contributed by atoms with E-state index in [0.717, 1.165) is 24.3 Å². The van der Waals surface area contributed by atoms with E-state index in [2.05, 4.69) is 12.2 Å². The summed E-state index contributed by atoms with van der Waals surface area (Å²) in [5.41, 5.74) is 0.816. The third kappa shape index (κ3) is 4.10. The van der Waals surface area contributed by atoms with Crippen molar-refractivity contribution < 1.29 is 19.7 Å². The van der Waals surface area contributed by atoms with E-state index in [4.69, 9.17) is 14.6 Å². The molecule has 0 radical (unpaired) electrons. The van der Waals surface area contributed by atoms with Crippen molar-refractivity contribution in [3.63, 3.8) is 0 Å². The lowest BCUT2D eigenvalue weighted by atomic mass is 10.1. The number of fused-ring (bicyclic) bond motifs is 1. The average molecular weight is 281 g/mol. The minimum Gasteiger partial charge on any atom is -0.486 e. The Hall–Kier alpha value is -1.30. The maximum atomic E-state index is 10.2. The van der Waals surface area contributed by atoms with Crippen LogP contribution in [0.25, 0.3) is 0 Å². The number of hydrogen-bond donors (Lipinski definition) is 3. The second-order valence-corrected chi connectivity index (χ2v) is 5.19. The molecule has 5 nitrogen and oxygen atoms in total. The second kappa shape index (κ2) is 7.47. The normalized spacial score (nSPS) is 16.8. The lowest BCUT2D eigenvalue weighted by Crippen LogP contribution is -2.26. The van der Waals surface area contributed by atoms with Crippen LogP contribution in [0, 0.1) is 5.92 Å². The van der Waals surface area contributed by atoms with Crippen LogP contribution in [0.1, 0.15) is 25.0 Å². The average Bonchev–Trinajstić information content (AvgIpc) is 2.47. The first-order valence-electron chi connectivity index (χ1n) is 7.10. The Bertz CT molecular complexity index is 424. The van der Waals surface area contributed by atoms with Crippen molar-refractivity contribution in [2.75, 3.05) is 32.9 Å². The van der Waals surface area contributed by atoms with E-state index in [1.54, 1.807) is 0 Å². The SMILES string of the molecule is CC(CCO)CNCC(O)c1ccc2c(c1)OCCO2. The molecular weight excluding hydrogens is 258 g/mol. The number of aliphatic hydroxyl groups excluding tert-OH is 2. The van der Waals surface area contributed by atoms with Gasteiger partial charge in [-0.25, -0.2) is 0 Å². The largest absolute Gasteiger partial charge is 0.486 e. The quantitative estimate of drug-likeness (QED) is 0.698. The summed E-state index contributed by atoms with van der Waals surface area (Å²) < 4.78 is 11.0. The lowest BCUT2D eigenvalue weighted by molar-refractivity contribution is 0.162. The molecule has 0 aliphatic carbocycles. The Kier molecular flexibility index (Phi) is 5.64. The highest BCUT2D eigenvalue weighted by Crippen LogP contribution is 2.32. The predicted octanol–water partition coefficient (Wildman–Crippen LogP) is 1.10. The lowest BCUT2D eigenvalue weighted by Gasteiger charge is -2.20. The standard InChI is InChI=1S/C15H23NO4/c1-11(4-5-17)9-16-10-13(18)12-2-3-14-15(8-12)20-7-6-19-14/h2-3,8,11,13,16-18H,4-7,9-10H2,1H3. The minimum atomic E-state index is -0.577. The van der Waals surface area contributed by atoms with Crippen LogP contribution in [-0.2, 0) is 0 Å². The van der Waals surface area contributed by atoms with Gasteiger partial charge in [0.15, 0.2) is 11.5 Å². The number of rotatable bonds is 7. The molecule has 112 valence electrons. The number of hydrogen-bond acceptors (Lipinski definition) is 5. The molecule has 1 aromatic rings. The van der Waals surface area contributed by atoms with E-state index >= 15 is 0 Å². The van der Waals surface area contributed by atoms with Gasteiger partial charge in [-0.15, -0.1) is 0 Å². The zero-order valence-electron chi connectivity index (χ0n) is 11.8. The van der Waals surface area contributed by atoms with E-state index in [1.165, 1.54) is 0 Å². The zero-order chi connectivity index (χ0) is 14.4. The maximum Gasteiger partial charge on any atom is 0.161 e. The van der Waals surface area contributed by atoms with E-state index in [1.807, 2.05) is 18.2 Å². The molecule has 2 unspecified atom stereocenters. The van der Waals surface area contributed by atoms with Crippen LogP contribution in [0.15, 0.2) is 18.2 Å². The molecule has 20 heavy (non-hydrogen) atoms. The van der Waals surface area contributed by atoms with Crippen molar-refractivity contribution in [3.05, 3.63) is 23.8 Å². The van der Waals surface area contributed by atoms with E-state index in [9.17, 15) is 5.11 Å². The number of benzene rings is 1. The van der Waals surface area contributed by atoms with Crippen LogP contribution in [-0.4, -0.2) is 43.1 Å². The monoisotopic (exact) mass is 281 g/mol. The van der Waals surface area contributed by atoms with Crippen molar-refractivity contribution in [2.45, 2.75) is 19.4 Å². The summed E-state index contributed by atoms with van der Waals surface area (Å²) in [6, 6.07) is 5.52. The highest BCUT2D eigenvalue weighted by molar-refractivity contribution is 5.44. The molecule has 0 bridgehead atoms. The maximum absolute atomic E-state index is 10.2. The smallest absolute Gasteiger partial charge is 0.161 e. The molecule has 1 aliphatic heterocycles. The predicted molar refractivity (Wildman–Crippen MR) is 76.1 cm³/mol. The Morgan fingerprint density at radius 2 is 1.95 bits per heavy atom. The molecule has 1 heterocycles. The van der Waals surface area contributed by atoms with Crippen LogP contribution in [0.3, 0.4) is 0 Å². The van der Waals surface area contributed by atoms with Crippen LogP contribution in [0.2, 0.25) is 0 Å². The van der Waals surface area contributed by atoms with Gasteiger partial charge in [-0.1, -0.05) is 13.0 Å². The Morgan fingerprint density at radius 3 is 2.70 bits per heavy atom. The van der Waals surface area contributed by atoms with Crippen molar-refractivity contribution in [2.24, 2.45) is 5.92 Å². The minimum absolute atomic E-state index is 0.202. The zero-order valence-corrected chi connectivity index (χ0v) is 11.8. The molecule has 1 aromatic carbocycles. The van der Waals surface area contributed by atoms with Crippen molar-refractivity contribution >= 4 is 0 Å². The van der Waals surface area contributed by atoms with Crippen molar-refractivity contribution in [1.29, 1.82) is 0 Å². The molecule has 3 N–H and O–H groups in total. The molecule has 0 amide bonds. The number of aliphatic hydroxyl groups is 2. The summed E-state index contributed by atoms with van der Waals surface area (Å²) in [6.07, 6.45) is 0.194. The first kappa shape index (κ1) is 15.1. The fourth-order valence-corrected chi connectivity index (χ4v) is 2.17. The summed E-state index contributed by atoms with van der Waals surface area (Å²) in [4.78, 5) is 0. The third-order valence-corrected chi connectivity index (χ3v) is 3.40. The fraction of sp³-hybridized carbons (Fsp3) is 0.600. The Labute approximate surface area is 119 Å². The highest BCUT2D eigenvalue weighted by Gasteiger charge is 2.15. The van der Waals surface area contributed by atoms with Gasteiger partial charge in [-0.2, -0.15) is 0 Å². The molecule has 0 saturated heterocycles. The summed E-state index contributed by atoms with van der Waals surface area (Å²) >= 11 is 0. The summed E-state index contributed by atoms with van der Waals surface area (Å²) in [6.45, 7) is 4.65. The summed E-state index contributed by atoms with van der Waals surface area (Å²) in [5, 5.41) is 22.2. The molecule has 0 aromatic heterocycles. The number of nitrogens with one attached hydrogen (secondary N) is 1. The van der Waals surface area contributed by atoms with E-state index in [0.29, 0.717) is 31.4 Å². The second-order valence-electron chi connectivity index (χ2n) is 5.19. The molecule has 2 atom stereocenters. The van der Waals surface area contributed by atoms with Gasteiger partial charge in [0.2, 0.25) is 0 Å². The summed E-state index contributed by atoms with van der Waals surface area (Å²) in [7, 11) is 0. The van der Waals surface area contributed by atoms with Crippen molar-refractivity contribution in [3.8, 4) is 11.5 Å². The third-order valence-electron chi connectivity index (χ3n) is 3.40. The van der Waals surface area contributed by atoms with Crippen LogP contribution < -0.4 is 14.8 Å². The van der Waals surface area contributed by atoms with Crippen LogP contribution >= 0.6 is 0 Å². The van der Waals surface area contributed by atoms with Gasteiger partial charge < -0.3 is 25.0 Å². The van der Waals surface area contributed by atoms with Gasteiger partial charge in [0.05, 0.1) is 6.10 Å². The summed E-state index contributed by atoms with van der Waals surface area (Å²) in [5.74, 6) is 1.82. The molecule has 0 fully saturated rings. The Morgan fingerprint density at radius 1 is 1.20 bits per heavy atom. The molecule has 0 saturated carbocycles. The van der Waals surface area contributed by atoms with Gasteiger partial charge in [0.1, 0.15) is 13.2 Å². The van der Waals surface area contributed by atoms with Gasteiger partial charge in [-0.05, 0) is 36.6 Å². The van der Waals surface area contributed by atoms with Crippen molar-refractivity contribution in [1.82, 2.24) is 5.32 Å². The van der Waals surface area contributed by atoms with E-state index in [-0.39, 0.29) is 6.61 Å². The first-order chi connectivity index (χ1) is 9.70. The fourth-order valence-electron chi connectivity index (χ4n) is 2.17. The first-order valence-corrected chi connectivity index (χ1v) is 7.10. The molecular formula is C15H23NO4. The molecule has 2 rings (SSSR count). The molecule has 1 aliphatic rings. The Balaban J connectivity index is 1.84.